The topological polar surface area (TPSA) is 48.2 Å². The minimum Gasteiger partial charge on any atom is -0.330 e. The molecule has 2 aromatic heterocycles. The van der Waals surface area contributed by atoms with Crippen LogP contribution in [0.15, 0.2) is 12.4 Å². The van der Waals surface area contributed by atoms with E-state index in [0.717, 1.165) is 17.9 Å². The third-order valence-corrected chi connectivity index (χ3v) is 2.37. The van der Waals surface area contributed by atoms with Crippen molar-refractivity contribution >= 4 is 5.78 Å². The minimum absolute atomic E-state index is 0.681. The molecule has 2 rings (SSSR count). The molecule has 2 aromatic rings. The highest BCUT2D eigenvalue weighted by Crippen LogP contribution is 2.10. The molecule has 70 valence electrons. The minimum atomic E-state index is 0.681. The lowest BCUT2D eigenvalue weighted by Gasteiger charge is -1.97. The van der Waals surface area contributed by atoms with Crippen LogP contribution >= 0.6 is 0 Å². The van der Waals surface area contributed by atoms with Gasteiger partial charge in [0.25, 0.3) is 0 Å². The molecule has 0 bridgehead atoms. The van der Waals surface area contributed by atoms with Gasteiger partial charge in [0.15, 0.2) is 0 Å². The molecule has 0 amide bonds. The Kier molecular flexibility index (Phi) is 1.84. The zero-order chi connectivity index (χ0) is 9.42. The van der Waals surface area contributed by atoms with Crippen molar-refractivity contribution < 1.29 is 0 Å². The molecule has 2 heterocycles. The molecule has 0 unspecified atom stereocenters. The van der Waals surface area contributed by atoms with Crippen molar-refractivity contribution in [3.8, 4) is 0 Å². The molecular weight excluding hydrogens is 164 g/mol. The Hall–Kier alpha value is -1.29. The van der Waals surface area contributed by atoms with E-state index >= 15 is 0 Å². The fourth-order valence-electron chi connectivity index (χ4n) is 1.59. The molecule has 4 nitrogen and oxygen atoms in total. The van der Waals surface area contributed by atoms with Crippen LogP contribution in [-0.4, -0.2) is 20.5 Å². The number of nitrogens with two attached hydrogens (primary N) is 1. The van der Waals surface area contributed by atoms with Gasteiger partial charge >= 0.3 is 0 Å². The van der Waals surface area contributed by atoms with E-state index in [1.807, 2.05) is 20.2 Å². The van der Waals surface area contributed by atoms with E-state index in [0.29, 0.717) is 6.54 Å². The highest BCUT2D eigenvalue weighted by molar-refractivity contribution is 5.36. The van der Waals surface area contributed by atoms with Crippen LogP contribution in [0.1, 0.15) is 11.4 Å². The van der Waals surface area contributed by atoms with Gasteiger partial charge in [-0.2, -0.15) is 0 Å². The highest BCUT2D eigenvalue weighted by Gasteiger charge is 2.07. The van der Waals surface area contributed by atoms with Gasteiger partial charge in [-0.1, -0.05) is 0 Å². The largest absolute Gasteiger partial charge is 0.330 e. The van der Waals surface area contributed by atoms with Gasteiger partial charge < -0.3 is 10.3 Å². The van der Waals surface area contributed by atoms with Crippen LogP contribution in [0, 0.1) is 6.92 Å². The number of rotatable bonds is 2. The van der Waals surface area contributed by atoms with E-state index in [9.17, 15) is 0 Å². The maximum absolute atomic E-state index is 5.52. The molecule has 0 fully saturated rings. The van der Waals surface area contributed by atoms with Crippen LogP contribution in [0.5, 0.6) is 0 Å². The fraction of sp³-hybridized carbons (Fsp3) is 0.444. The smallest absolute Gasteiger partial charge is 0.214 e. The van der Waals surface area contributed by atoms with Crippen molar-refractivity contribution in [3.63, 3.8) is 0 Å². The molecule has 0 aliphatic rings. The summed E-state index contributed by atoms with van der Waals surface area (Å²) in [6, 6.07) is 0. The zero-order valence-electron chi connectivity index (χ0n) is 7.99. The number of fused-ring (bicyclic) bond motifs is 1. The van der Waals surface area contributed by atoms with E-state index in [-0.39, 0.29) is 0 Å². The van der Waals surface area contributed by atoms with Gasteiger partial charge in [0, 0.05) is 31.1 Å². The molecule has 0 atom stereocenters. The van der Waals surface area contributed by atoms with Gasteiger partial charge in [-0.25, -0.2) is 4.98 Å². The standard InChI is InChI=1S/C9H14N4/c1-7-5-11-9-12(2)8(3-4-10)6-13(7)9/h5-6H,3-4,10H2,1-2H3. The summed E-state index contributed by atoms with van der Waals surface area (Å²) < 4.78 is 4.17. The third kappa shape index (κ3) is 1.14. The maximum Gasteiger partial charge on any atom is 0.214 e. The summed E-state index contributed by atoms with van der Waals surface area (Å²) in [5, 5.41) is 0. The Morgan fingerprint density at radius 3 is 2.92 bits per heavy atom. The number of imidazole rings is 2. The molecule has 0 aliphatic heterocycles. The second-order valence-electron chi connectivity index (χ2n) is 3.29. The second kappa shape index (κ2) is 2.88. The molecule has 0 saturated heterocycles. The van der Waals surface area contributed by atoms with Gasteiger partial charge in [-0.05, 0) is 13.5 Å². The SMILES string of the molecule is Cc1cnc2n(C)c(CCN)cn12. The summed E-state index contributed by atoms with van der Waals surface area (Å²) in [6.07, 6.45) is 4.88. The van der Waals surface area contributed by atoms with E-state index in [1.54, 1.807) is 0 Å². The first-order valence-corrected chi connectivity index (χ1v) is 4.42. The molecule has 0 aliphatic carbocycles. The first kappa shape index (κ1) is 8.31. The van der Waals surface area contributed by atoms with Crippen LogP contribution in [-0.2, 0) is 13.5 Å². The van der Waals surface area contributed by atoms with Crippen LogP contribution < -0.4 is 5.73 Å². The number of aryl methyl sites for hydroxylation is 2. The van der Waals surface area contributed by atoms with Gasteiger partial charge in [-0.15, -0.1) is 0 Å². The highest BCUT2D eigenvalue weighted by atomic mass is 15.2. The predicted molar refractivity (Wildman–Crippen MR) is 51.7 cm³/mol. The third-order valence-electron chi connectivity index (χ3n) is 2.37. The zero-order valence-corrected chi connectivity index (χ0v) is 7.99. The van der Waals surface area contributed by atoms with Crippen LogP contribution in [0.25, 0.3) is 5.78 Å². The second-order valence-corrected chi connectivity index (χ2v) is 3.29. The first-order valence-electron chi connectivity index (χ1n) is 4.42. The van der Waals surface area contributed by atoms with Gasteiger partial charge in [0.05, 0.1) is 6.20 Å². The van der Waals surface area contributed by atoms with Gasteiger partial charge in [0.1, 0.15) is 0 Å². The lowest BCUT2D eigenvalue weighted by atomic mass is 10.3. The molecular formula is C9H14N4. The summed E-state index contributed by atoms with van der Waals surface area (Å²) in [4.78, 5) is 4.31. The van der Waals surface area contributed by atoms with Crippen molar-refractivity contribution in [2.75, 3.05) is 6.54 Å². The Labute approximate surface area is 77.0 Å². The van der Waals surface area contributed by atoms with E-state index < -0.39 is 0 Å². The normalized spacial score (nSPS) is 11.3. The average Bonchev–Trinajstić information content (AvgIpc) is 2.59. The lowest BCUT2D eigenvalue weighted by Crippen LogP contribution is -2.06. The van der Waals surface area contributed by atoms with Crippen molar-refractivity contribution in [1.29, 1.82) is 0 Å². The maximum atomic E-state index is 5.52. The summed E-state index contributed by atoms with van der Waals surface area (Å²) in [6.45, 7) is 2.73. The Morgan fingerprint density at radius 2 is 2.31 bits per heavy atom. The summed E-state index contributed by atoms with van der Waals surface area (Å²) >= 11 is 0. The molecule has 4 heteroatoms. The van der Waals surface area contributed by atoms with E-state index in [4.69, 9.17) is 5.73 Å². The molecule has 2 N–H and O–H groups in total. The van der Waals surface area contributed by atoms with Crippen molar-refractivity contribution in [2.45, 2.75) is 13.3 Å². The quantitative estimate of drug-likeness (QED) is 0.727. The van der Waals surface area contributed by atoms with Gasteiger partial charge in [0.2, 0.25) is 5.78 Å². The lowest BCUT2D eigenvalue weighted by molar-refractivity contribution is 0.819. The van der Waals surface area contributed by atoms with Crippen LogP contribution in [0.2, 0.25) is 0 Å². The van der Waals surface area contributed by atoms with Crippen molar-refractivity contribution in [2.24, 2.45) is 12.8 Å². The summed E-state index contributed by atoms with van der Waals surface area (Å²) in [5.41, 5.74) is 7.91. The summed E-state index contributed by atoms with van der Waals surface area (Å²) in [7, 11) is 2.02. The molecule has 0 saturated carbocycles. The van der Waals surface area contributed by atoms with Crippen LogP contribution in [0.3, 0.4) is 0 Å². The van der Waals surface area contributed by atoms with E-state index in [2.05, 4.69) is 20.1 Å². The number of hydrogen-bond donors (Lipinski definition) is 1. The molecule has 0 aromatic carbocycles. The van der Waals surface area contributed by atoms with Crippen LogP contribution in [0.4, 0.5) is 0 Å². The fourth-order valence-corrected chi connectivity index (χ4v) is 1.59. The molecule has 0 spiro atoms. The number of aromatic nitrogens is 3. The first-order chi connectivity index (χ1) is 6.24. The summed E-state index contributed by atoms with van der Waals surface area (Å²) in [5.74, 6) is 0.987. The van der Waals surface area contributed by atoms with E-state index in [1.165, 1.54) is 5.69 Å². The van der Waals surface area contributed by atoms with Crippen molar-refractivity contribution in [1.82, 2.24) is 14.0 Å². The molecule has 0 radical (unpaired) electrons. The monoisotopic (exact) mass is 178 g/mol. The Balaban J connectivity index is 2.60. The van der Waals surface area contributed by atoms with Gasteiger partial charge in [-0.3, -0.25) is 4.40 Å². The Morgan fingerprint density at radius 1 is 1.54 bits per heavy atom. The Bertz CT molecular complexity index is 424. The van der Waals surface area contributed by atoms with Crippen molar-refractivity contribution in [3.05, 3.63) is 23.8 Å². The predicted octanol–water partition coefficient (Wildman–Crippen LogP) is 0.482. The molecule has 13 heavy (non-hydrogen) atoms. The average molecular weight is 178 g/mol. The number of hydrogen-bond acceptors (Lipinski definition) is 2. The number of nitrogens with zero attached hydrogens (tertiary/aromatic N) is 3.